The standard InChI is InChI=1S/C43H27N3O/c1-3-12-31(13-4-1)41-44-42(32-14-5-2-6-15-32)46-43(45-41)36-18-10-20-38-40(36)39-35(17-9-19-37(39)47-38)30-24-21-29(22-25-30)34-26-23-28-11-7-8-16-33(28)27-34/h1-27H. The molecule has 47 heavy (non-hydrogen) atoms. The average Bonchev–Trinajstić information content (AvgIpc) is 3.55. The number of aromatic nitrogens is 3. The molecule has 9 aromatic rings. The highest BCUT2D eigenvalue weighted by atomic mass is 16.3. The molecule has 0 bridgehead atoms. The molecule has 0 spiro atoms. The fraction of sp³-hybridized carbons (Fsp3) is 0. The van der Waals surface area contributed by atoms with Crippen molar-refractivity contribution in [1.82, 2.24) is 15.0 Å². The van der Waals surface area contributed by atoms with Crippen LogP contribution in [0.25, 0.3) is 89.1 Å². The Hall–Kier alpha value is -6.39. The zero-order chi connectivity index (χ0) is 31.2. The van der Waals surface area contributed by atoms with Crippen molar-refractivity contribution in [2.24, 2.45) is 0 Å². The van der Waals surface area contributed by atoms with Gasteiger partial charge in [-0.2, -0.15) is 0 Å². The van der Waals surface area contributed by atoms with E-state index in [0.29, 0.717) is 17.5 Å². The highest BCUT2D eigenvalue weighted by Crippen LogP contribution is 2.41. The summed E-state index contributed by atoms with van der Waals surface area (Å²) in [5, 5.41) is 4.51. The number of rotatable bonds is 5. The summed E-state index contributed by atoms with van der Waals surface area (Å²) in [5.41, 5.74) is 8.97. The number of nitrogens with zero attached hydrogens (tertiary/aromatic N) is 3. The van der Waals surface area contributed by atoms with Gasteiger partial charge in [-0.1, -0.05) is 146 Å². The van der Waals surface area contributed by atoms with Crippen molar-refractivity contribution in [3.8, 4) is 56.4 Å². The van der Waals surface area contributed by atoms with Crippen LogP contribution < -0.4 is 0 Å². The van der Waals surface area contributed by atoms with E-state index in [1.165, 1.54) is 21.9 Å². The maximum atomic E-state index is 6.47. The van der Waals surface area contributed by atoms with Gasteiger partial charge in [-0.3, -0.25) is 0 Å². The number of hydrogen-bond acceptors (Lipinski definition) is 4. The lowest BCUT2D eigenvalue weighted by molar-refractivity contribution is 0.669. The van der Waals surface area contributed by atoms with Crippen molar-refractivity contribution >= 4 is 32.7 Å². The number of furan rings is 1. The van der Waals surface area contributed by atoms with Gasteiger partial charge in [-0.05, 0) is 51.2 Å². The summed E-state index contributed by atoms with van der Waals surface area (Å²) in [5.74, 6) is 1.86. The van der Waals surface area contributed by atoms with Crippen molar-refractivity contribution in [3.63, 3.8) is 0 Å². The lowest BCUT2D eigenvalue weighted by Gasteiger charge is -2.10. The molecule has 0 unspecified atom stereocenters. The third-order valence-corrected chi connectivity index (χ3v) is 8.74. The van der Waals surface area contributed by atoms with Crippen LogP contribution in [0, 0.1) is 0 Å². The fourth-order valence-corrected chi connectivity index (χ4v) is 6.43. The molecule has 0 aliphatic rings. The Morgan fingerprint density at radius 3 is 1.49 bits per heavy atom. The predicted octanol–water partition coefficient (Wildman–Crippen LogP) is 11.3. The maximum Gasteiger partial charge on any atom is 0.164 e. The molecule has 0 N–H and O–H groups in total. The second-order valence-electron chi connectivity index (χ2n) is 11.6. The maximum absolute atomic E-state index is 6.47. The van der Waals surface area contributed by atoms with Crippen LogP contribution in [0.5, 0.6) is 0 Å². The topological polar surface area (TPSA) is 51.8 Å². The Bertz CT molecular complexity index is 2500. The first-order chi connectivity index (χ1) is 23.3. The molecule has 4 nitrogen and oxygen atoms in total. The summed E-state index contributed by atoms with van der Waals surface area (Å²) >= 11 is 0. The molecule has 0 aliphatic carbocycles. The number of hydrogen-bond donors (Lipinski definition) is 0. The van der Waals surface area contributed by atoms with Gasteiger partial charge < -0.3 is 4.42 Å². The van der Waals surface area contributed by atoms with E-state index in [2.05, 4.69) is 84.9 Å². The largest absolute Gasteiger partial charge is 0.456 e. The zero-order valence-corrected chi connectivity index (χ0v) is 25.3. The summed E-state index contributed by atoms with van der Waals surface area (Å²) in [6, 6.07) is 56.4. The summed E-state index contributed by atoms with van der Waals surface area (Å²) in [6.45, 7) is 0. The monoisotopic (exact) mass is 601 g/mol. The highest BCUT2D eigenvalue weighted by molar-refractivity contribution is 6.17. The van der Waals surface area contributed by atoms with Crippen LogP contribution in [-0.2, 0) is 0 Å². The molecule has 0 saturated carbocycles. The Morgan fingerprint density at radius 1 is 0.319 bits per heavy atom. The third kappa shape index (κ3) is 4.84. The highest BCUT2D eigenvalue weighted by Gasteiger charge is 2.20. The van der Waals surface area contributed by atoms with E-state index in [1.807, 2.05) is 78.9 Å². The van der Waals surface area contributed by atoms with E-state index < -0.39 is 0 Å². The first-order valence-corrected chi connectivity index (χ1v) is 15.7. The summed E-state index contributed by atoms with van der Waals surface area (Å²) < 4.78 is 6.47. The van der Waals surface area contributed by atoms with E-state index in [4.69, 9.17) is 19.4 Å². The molecular weight excluding hydrogens is 574 g/mol. The number of benzene rings is 7. The molecule has 0 fully saturated rings. The van der Waals surface area contributed by atoms with E-state index in [-0.39, 0.29) is 0 Å². The normalized spacial score (nSPS) is 11.4. The Morgan fingerprint density at radius 2 is 0.830 bits per heavy atom. The molecule has 4 heteroatoms. The lowest BCUT2D eigenvalue weighted by Crippen LogP contribution is -2.00. The second-order valence-corrected chi connectivity index (χ2v) is 11.6. The Balaban J connectivity index is 1.21. The molecule has 2 heterocycles. The van der Waals surface area contributed by atoms with Crippen molar-refractivity contribution in [1.29, 1.82) is 0 Å². The van der Waals surface area contributed by atoms with E-state index in [9.17, 15) is 0 Å². The van der Waals surface area contributed by atoms with E-state index >= 15 is 0 Å². The van der Waals surface area contributed by atoms with Crippen molar-refractivity contribution in [2.45, 2.75) is 0 Å². The first-order valence-electron chi connectivity index (χ1n) is 15.7. The summed E-state index contributed by atoms with van der Waals surface area (Å²) in [4.78, 5) is 15.0. The minimum absolute atomic E-state index is 0.604. The van der Waals surface area contributed by atoms with Crippen molar-refractivity contribution in [2.75, 3.05) is 0 Å². The molecule has 0 amide bonds. The lowest BCUT2D eigenvalue weighted by atomic mass is 9.95. The smallest absolute Gasteiger partial charge is 0.164 e. The van der Waals surface area contributed by atoms with Crippen LogP contribution in [-0.4, -0.2) is 15.0 Å². The molecular formula is C43H27N3O. The molecule has 220 valence electrons. The van der Waals surface area contributed by atoms with Gasteiger partial charge in [0.1, 0.15) is 11.2 Å². The van der Waals surface area contributed by atoms with Crippen molar-refractivity contribution < 1.29 is 4.42 Å². The quantitative estimate of drug-likeness (QED) is 0.197. The number of fused-ring (bicyclic) bond motifs is 4. The SMILES string of the molecule is c1ccc(-c2nc(-c3ccccc3)nc(-c3cccc4oc5cccc(-c6ccc(-c7ccc8ccccc8c7)cc6)c5c34)n2)cc1. The Kier molecular flexibility index (Phi) is 6.43. The third-order valence-electron chi connectivity index (χ3n) is 8.74. The zero-order valence-electron chi connectivity index (χ0n) is 25.3. The van der Waals surface area contributed by atoms with E-state index in [1.54, 1.807) is 0 Å². The molecule has 0 radical (unpaired) electrons. The van der Waals surface area contributed by atoms with Gasteiger partial charge in [0.05, 0.1) is 0 Å². The average molecular weight is 602 g/mol. The molecule has 9 rings (SSSR count). The van der Waals surface area contributed by atoms with Gasteiger partial charge >= 0.3 is 0 Å². The minimum Gasteiger partial charge on any atom is -0.456 e. The predicted molar refractivity (Wildman–Crippen MR) is 192 cm³/mol. The molecule has 7 aromatic carbocycles. The van der Waals surface area contributed by atoms with Crippen LogP contribution in [0.15, 0.2) is 168 Å². The van der Waals surface area contributed by atoms with Crippen LogP contribution in [0.4, 0.5) is 0 Å². The molecule has 2 aromatic heterocycles. The Labute approximate surface area is 271 Å². The van der Waals surface area contributed by atoms with Crippen LogP contribution in [0.3, 0.4) is 0 Å². The first kappa shape index (κ1) is 27.0. The van der Waals surface area contributed by atoms with Gasteiger partial charge in [0.25, 0.3) is 0 Å². The van der Waals surface area contributed by atoms with Crippen LogP contribution >= 0.6 is 0 Å². The van der Waals surface area contributed by atoms with Crippen molar-refractivity contribution in [3.05, 3.63) is 164 Å². The van der Waals surface area contributed by atoms with Gasteiger partial charge in [0.2, 0.25) is 0 Å². The molecule has 0 saturated heterocycles. The molecule has 0 aliphatic heterocycles. The van der Waals surface area contributed by atoms with Gasteiger partial charge in [-0.25, -0.2) is 15.0 Å². The summed E-state index contributed by atoms with van der Waals surface area (Å²) in [7, 11) is 0. The van der Waals surface area contributed by atoms with Crippen LogP contribution in [0.2, 0.25) is 0 Å². The minimum atomic E-state index is 0.604. The fourth-order valence-electron chi connectivity index (χ4n) is 6.43. The van der Waals surface area contributed by atoms with Gasteiger partial charge in [-0.15, -0.1) is 0 Å². The second kappa shape index (κ2) is 11.2. The summed E-state index contributed by atoms with van der Waals surface area (Å²) in [6.07, 6.45) is 0. The van der Waals surface area contributed by atoms with Gasteiger partial charge in [0.15, 0.2) is 17.5 Å². The van der Waals surface area contributed by atoms with Gasteiger partial charge in [0, 0.05) is 27.5 Å². The molecule has 0 atom stereocenters. The van der Waals surface area contributed by atoms with Crippen LogP contribution in [0.1, 0.15) is 0 Å². The van der Waals surface area contributed by atoms with E-state index in [0.717, 1.165) is 49.8 Å².